The summed E-state index contributed by atoms with van der Waals surface area (Å²) in [5, 5.41) is 3.48. The Labute approximate surface area is 110 Å². The lowest BCUT2D eigenvalue weighted by atomic mass is 10.0. The Hall–Kier alpha value is -0.340. The van der Waals surface area contributed by atoms with Crippen LogP contribution in [0.3, 0.4) is 0 Å². The first kappa shape index (κ1) is 13.1. The quantitative estimate of drug-likeness (QED) is 0.786. The van der Waals surface area contributed by atoms with Crippen LogP contribution in [0.1, 0.15) is 60.9 Å². The van der Waals surface area contributed by atoms with E-state index in [1.54, 1.807) is 15.3 Å². The lowest BCUT2D eigenvalue weighted by Crippen LogP contribution is -2.17. The van der Waals surface area contributed by atoms with E-state index in [0.29, 0.717) is 6.04 Å². The van der Waals surface area contributed by atoms with Crippen LogP contribution in [0, 0.1) is 5.92 Å². The molecule has 2 rings (SSSR count). The Balaban J connectivity index is 2.15. The zero-order chi connectivity index (χ0) is 12.3. The number of thiophene rings is 1. The molecular formula is C15H25NS. The van der Waals surface area contributed by atoms with Gasteiger partial charge in [-0.05, 0) is 56.7 Å². The second kappa shape index (κ2) is 6.01. The molecule has 2 heteroatoms. The molecular weight excluding hydrogens is 226 g/mol. The molecule has 0 radical (unpaired) electrons. The van der Waals surface area contributed by atoms with E-state index in [1.165, 1.54) is 38.5 Å². The summed E-state index contributed by atoms with van der Waals surface area (Å²) in [5.74, 6) is 0.759. The van der Waals surface area contributed by atoms with Crippen LogP contribution < -0.4 is 5.32 Å². The van der Waals surface area contributed by atoms with E-state index in [1.807, 2.05) is 0 Å². The van der Waals surface area contributed by atoms with Crippen LogP contribution in [0.5, 0.6) is 0 Å². The first-order valence-corrected chi connectivity index (χ1v) is 7.81. The van der Waals surface area contributed by atoms with Gasteiger partial charge in [-0.1, -0.05) is 20.3 Å². The molecule has 0 amide bonds. The van der Waals surface area contributed by atoms with Gasteiger partial charge < -0.3 is 5.32 Å². The molecule has 0 bridgehead atoms. The van der Waals surface area contributed by atoms with Gasteiger partial charge in [0, 0.05) is 15.8 Å². The van der Waals surface area contributed by atoms with Gasteiger partial charge in [-0.2, -0.15) is 0 Å². The Morgan fingerprint density at radius 3 is 2.71 bits per heavy atom. The van der Waals surface area contributed by atoms with E-state index >= 15 is 0 Å². The first-order chi connectivity index (χ1) is 8.20. The highest BCUT2D eigenvalue weighted by molar-refractivity contribution is 7.12. The summed E-state index contributed by atoms with van der Waals surface area (Å²) >= 11 is 2.06. The van der Waals surface area contributed by atoms with Crippen LogP contribution in [0.25, 0.3) is 0 Å². The molecule has 1 aliphatic carbocycles. The van der Waals surface area contributed by atoms with Crippen molar-refractivity contribution in [3.05, 3.63) is 21.4 Å². The third-order valence-electron chi connectivity index (χ3n) is 3.66. The Bertz CT molecular complexity index is 330. The van der Waals surface area contributed by atoms with Gasteiger partial charge in [0.15, 0.2) is 0 Å². The molecule has 0 saturated carbocycles. The Kier molecular flexibility index (Phi) is 4.63. The molecule has 1 N–H and O–H groups in total. The molecule has 0 aromatic carbocycles. The van der Waals surface area contributed by atoms with Crippen molar-refractivity contribution >= 4 is 11.3 Å². The third kappa shape index (κ3) is 3.32. The maximum Gasteiger partial charge on any atom is 0.0415 e. The van der Waals surface area contributed by atoms with Crippen LogP contribution in [0.4, 0.5) is 0 Å². The lowest BCUT2D eigenvalue weighted by Gasteiger charge is -2.16. The number of hydrogen-bond donors (Lipinski definition) is 1. The molecule has 0 spiro atoms. The molecule has 1 aliphatic rings. The first-order valence-electron chi connectivity index (χ1n) is 6.99. The zero-order valence-electron chi connectivity index (χ0n) is 11.4. The molecule has 0 fully saturated rings. The van der Waals surface area contributed by atoms with Crippen LogP contribution in [0.15, 0.2) is 6.07 Å². The summed E-state index contributed by atoms with van der Waals surface area (Å²) in [4.78, 5) is 3.23. The van der Waals surface area contributed by atoms with Gasteiger partial charge in [-0.25, -0.2) is 0 Å². The van der Waals surface area contributed by atoms with E-state index in [0.717, 1.165) is 5.92 Å². The highest BCUT2D eigenvalue weighted by Gasteiger charge is 2.18. The topological polar surface area (TPSA) is 12.0 Å². The van der Waals surface area contributed by atoms with Crippen LogP contribution in [-0.2, 0) is 12.8 Å². The van der Waals surface area contributed by atoms with Gasteiger partial charge >= 0.3 is 0 Å². The highest BCUT2D eigenvalue weighted by atomic mass is 32.1. The maximum atomic E-state index is 3.48. The third-order valence-corrected chi connectivity index (χ3v) is 5.02. The Morgan fingerprint density at radius 1 is 1.24 bits per heavy atom. The van der Waals surface area contributed by atoms with E-state index in [9.17, 15) is 0 Å². The van der Waals surface area contributed by atoms with Crippen molar-refractivity contribution in [3.8, 4) is 0 Å². The van der Waals surface area contributed by atoms with Crippen LogP contribution in [0.2, 0.25) is 0 Å². The molecule has 0 aliphatic heterocycles. The number of aryl methyl sites for hydroxylation is 2. The largest absolute Gasteiger partial charge is 0.312 e. The zero-order valence-corrected chi connectivity index (χ0v) is 12.2. The minimum Gasteiger partial charge on any atom is -0.312 e. The average Bonchev–Trinajstić information content (AvgIpc) is 2.57. The molecule has 1 aromatic heterocycles. The standard InChI is InChI=1S/C15H25NS/c1-11(2)9-13(16-3)15-10-12-7-5-4-6-8-14(12)17-15/h10-11,13,16H,4-9H2,1-3H3. The van der Waals surface area contributed by atoms with E-state index in [4.69, 9.17) is 0 Å². The van der Waals surface area contributed by atoms with Gasteiger partial charge in [0.2, 0.25) is 0 Å². The maximum absolute atomic E-state index is 3.48. The molecule has 17 heavy (non-hydrogen) atoms. The SMILES string of the molecule is CNC(CC(C)C)c1cc2c(s1)CCCCC2. The smallest absolute Gasteiger partial charge is 0.0415 e. The van der Waals surface area contributed by atoms with Crippen molar-refractivity contribution in [3.63, 3.8) is 0 Å². The fourth-order valence-electron chi connectivity index (χ4n) is 2.71. The lowest BCUT2D eigenvalue weighted by molar-refractivity contribution is 0.462. The number of nitrogens with one attached hydrogen (secondary N) is 1. The van der Waals surface area contributed by atoms with E-state index in [-0.39, 0.29) is 0 Å². The molecule has 0 saturated heterocycles. The highest BCUT2D eigenvalue weighted by Crippen LogP contribution is 2.34. The molecule has 1 unspecified atom stereocenters. The van der Waals surface area contributed by atoms with Crippen molar-refractivity contribution < 1.29 is 0 Å². The fourth-order valence-corrected chi connectivity index (χ4v) is 4.09. The van der Waals surface area contributed by atoms with Crippen molar-refractivity contribution in [1.29, 1.82) is 0 Å². The number of fused-ring (bicyclic) bond motifs is 1. The van der Waals surface area contributed by atoms with Crippen molar-refractivity contribution in [2.24, 2.45) is 5.92 Å². The summed E-state index contributed by atoms with van der Waals surface area (Å²) in [7, 11) is 2.10. The van der Waals surface area contributed by atoms with Gasteiger partial charge in [0.05, 0.1) is 0 Å². The summed E-state index contributed by atoms with van der Waals surface area (Å²) in [5.41, 5.74) is 1.64. The molecule has 1 nitrogen and oxygen atoms in total. The molecule has 96 valence electrons. The minimum atomic E-state index is 0.562. The Morgan fingerprint density at radius 2 is 2.00 bits per heavy atom. The predicted molar refractivity (Wildman–Crippen MR) is 76.8 cm³/mol. The van der Waals surface area contributed by atoms with E-state index < -0.39 is 0 Å². The average molecular weight is 251 g/mol. The monoisotopic (exact) mass is 251 g/mol. The normalized spacial score (nSPS) is 17.9. The fraction of sp³-hybridized carbons (Fsp3) is 0.733. The van der Waals surface area contributed by atoms with Crippen LogP contribution >= 0.6 is 11.3 Å². The van der Waals surface area contributed by atoms with Crippen molar-refractivity contribution in [2.45, 2.75) is 58.4 Å². The van der Waals surface area contributed by atoms with Crippen molar-refractivity contribution in [1.82, 2.24) is 5.32 Å². The van der Waals surface area contributed by atoms with E-state index in [2.05, 4.69) is 43.6 Å². The summed E-state index contributed by atoms with van der Waals surface area (Å²) in [6.45, 7) is 4.62. The van der Waals surface area contributed by atoms with Crippen LogP contribution in [-0.4, -0.2) is 7.05 Å². The predicted octanol–water partition coefficient (Wildman–Crippen LogP) is 4.32. The van der Waals surface area contributed by atoms with Crippen molar-refractivity contribution in [2.75, 3.05) is 7.05 Å². The summed E-state index contributed by atoms with van der Waals surface area (Å²) in [6, 6.07) is 3.04. The van der Waals surface area contributed by atoms with Gasteiger partial charge in [-0.15, -0.1) is 11.3 Å². The van der Waals surface area contributed by atoms with Gasteiger partial charge in [0.25, 0.3) is 0 Å². The number of hydrogen-bond acceptors (Lipinski definition) is 2. The molecule has 1 atom stereocenters. The summed E-state index contributed by atoms with van der Waals surface area (Å²) in [6.07, 6.45) is 8.06. The minimum absolute atomic E-state index is 0.562. The second-order valence-corrected chi connectivity index (χ2v) is 6.80. The van der Waals surface area contributed by atoms with Gasteiger partial charge in [-0.3, -0.25) is 0 Å². The summed E-state index contributed by atoms with van der Waals surface area (Å²) < 4.78 is 0. The second-order valence-electron chi connectivity index (χ2n) is 5.63. The molecule has 1 aromatic rings. The molecule has 1 heterocycles. The van der Waals surface area contributed by atoms with Gasteiger partial charge in [0.1, 0.15) is 0 Å². The number of rotatable bonds is 4.